The normalized spacial score (nSPS) is 16.2. The summed E-state index contributed by atoms with van der Waals surface area (Å²) in [6.07, 6.45) is 0.475. The number of hydrogen-bond acceptors (Lipinski definition) is 6. The molecule has 0 spiro atoms. The number of nitrogens with one attached hydrogen (secondary N) is 1. The molecule has 0 atom stereocenters. The van der Waals surface area contributed by atoms with E-state index in [1.807, 2.05) is 51.1 Å². The second-order valence-corrected chi connectivity index (χ2v) is 12.2. The quantitative estimate of drug-likeness (QED) is 0.523. The van der Waals surface area contributed by atoms with Crippen molar-refractivity contribution in [2.24, 2.45) is 0 Å². The summed E-state index contributed by atoms with van der Waals surface area (Å²) < 4.78 is 40.3. The van der Waals surface area contributed by atoms with E-state index in [2.05, 4.69) is 21.8 Å². The van der Waals surface area contributed by atoms with Gasteiger partial charge in [0.1, 0.15) is 6.07 Å². The van der Waals surface area contributed by atoms with Gasteiger partial charge in [0.05, 0.1) is 18.8 Å². The Hall–Kier alpha value is -2.44. The van der Waals surface area contributed by atoms with Crippen molar-refractivity contribution in [3.8, 4) is 6.07 Å². The van der Waals surface area contributed by atoms with Gasteiger partial charge in [0.2, 0.25) is 0 Å². The Balaban J connectivity index is 1.84. The smallest absolute Gasteiger partial charge is 0.251 e. The molecule has 0 bridgehead atoms. The average molecular weight is 500 g/mol. The van der Waals surface area contributed by atoms with Gasteiger partial charge in [0, 0.05) is 30.9 Å². The zero-order valence-corrected chi connectivity index (χ0v) is 22.5. The second-order valence-electron chi connectivity index (χ2n) is 10.6. The van der Waals surface area contributed by atoms with Gasteiger partial charge in [0.25, 0.3) is 10.0 Å². The molecule has 1 aliphatic heterocycles. The molecule has 2 aromatic carbocycles. The Bertz CT molecular complexity index is 1230. The van der Waals surface area contributed by atoms with Crippen LogP contribution in [-0.2, 0) is 19.5 Å². The van der Waals surface area contributed by atoms with Crippen LogP contribution in [0, 0.1) is 11.3 Å². The Kier molecular flexibility index (Phi) is 8.28. The Morgan fingerprint density at radius 2 is 1.71 bits per heavy atom. The Labute approximate surface area is 209 Å². The minimum absolute atomic E-state index is 0.272. The summed E-state index contributed by atoms with van der Waals surface area (Å²) in [5.74, 6) is 0. The molecule has 0 aliphatic carbocycles. The highest BCUT2D eigenvalue weighted by molar-refractivity contribution is 7.94. The number of ether oxygens (including phenoxy) is 2. The monoisotopic (exact) mass is 499 g/mol. The van der Waals surface area contributed by atoms with Crippen molar-refractivity contribution in [3.63, 3.8) is 0 Å². The van der Waals surface area contributed by atoms with Crippen molar-refractivity contribution < 1.29 is 17.9 Å². The van der Waals surface area contributed by atoms with Crippen LogP contribution in [0.1, 0.15) is 53.5 Å². The lowest BCUT2D eigenvalue weighted by Crippen LogP contribution is -2.45. The molecule has 1 aliphatic rings. The zero-order valence-electron chi connectivity index (χ0n) is 21.6. The van der Waals surface area contributed by atoms with Crippen LogP contribution in [0.3, 0.4) is 0 Å². The summed E-state index contributed by atoms with van der Waals surface area (Å²) in [4.78, 5) is 2.02. The third-order valence-corrected chi connectivity index (χ3v) is 7.77. The molecular formula is C27H37N3O4S. The molecule has 1 saturated heterocycles. The summed E-state index contributed by atoms with van der Waals surface area (Å²) in [5.41, 5.74) is 1.19. The maximum Gasteiger partial charge on any atom is 0.251 e. The Morgan fingerprint density at radius 1 is 1.09 bits per heavy atom. The number of rotatable bonds is 8. The highest BCUT2D eigenvalue weighted by atomic mass is 32.2. The number of nitrogens with zero attached hydrogens (tertiary/aromatic N) is 2. The van der Waals surface area contributed by atoms with Gasteiger partial charge in [-0.25, -0.2) is 13.1 Å². The Morgan fingerprint density at radius 3 is 2.34 bits per heavy atom. The van der Waals surface area contributed by atoms with E-state index >= 15 is 0 Å². The fourth-order valence-corrected chi connectivity index (χ4v) is 5.61. The minimum atomic E-state index is -4.02. The second kappa shape index (κ2) is 10.7. The van der Waals surface area contributed by atoms with Crippen molar-refractivity contribution in [3.05, 3.63) is 46.9 Å². The van der Waals surface area contributed by atoms with Crippen molar-refractivity contribution in [1.82, 2.24) is 4.72 Å². The molecule has 0 saturated carbocycles. The van der Waals surface area contributed by atoms with Crippen molar-refractivity contribution in [1.29, 1.82) is 5.26 Å². The number of allylic oxidation sites excluding steroid dienone is 2. The number of hydrogen-bond donors (Lipinski definition) is 1. The van der Waals surface area contributed by atoms with Crippen molar-refractivity contribution in [2.45, 2.75) is 59.1 Å². The molecule has 0 aromatic heterocycles. The zero-order chi connectivity index (χ0) is 25.9. The summed E-state index contributed by atoms with van der Waals surface area (Å²) in [5, 5.41) is 11.8. The molecule has 2 aromatic rings. The lowest BCUT2D eigenvalue weighted by molar-refractivity contribution is -0.0102. The van der Waals surface area contributed by atoms with Crippen LogP contribution in [-0.4, -0.2) is 52.5 Å². The first kappa shape index (κ1) is 27.2. The highest BCUT2D eigenvalue weighted by Crippen LogP contribution is 2.29. The van der Waals surface area contributed by atoms with Crippen LogP contribution in [0.5, 0.6) is 0 Å². The van der Waals surface area contributed by atoms with Gasteiger partial charge < -0.3 is 14.4 Å². The van der Waals surface area contributed by atoms with E-state index < -0.39 is 15.6 Å². The number of anilines is 1. The van der Waals surface area contributed by atoms with Crippen LogP contribution in [0.15, 0.2) is 41.3 Å². The standard InChI is InChI=1S/C27H37N3O4S/c1-20(25(19-28)35(31,32)29-27(5,6)11-14-34-26(2,3)4)21-7-8-23-18-24(10-9-22(23)17-21)30-12-15-33-16-13-30/h7-10,17-18,29H,11-16H2,1-6H3. The first-order chi connectivity index (χ1) is 16.3. The summed E-state index contributed by atoms with van der Waals surface area (Å²) >= 11 is 0. The number of nitriles is 1. The number of sulfonamides is 1. The molecule has 0 radical (unpaired) electrons. The molecule has 190 valence electrons. The number of benzene rings is 2. The molecule has 1 heterocycles. The summed E-state index contributed by atoms with van der Waals surface area (Å²) in [6.45, 7) is 14.7. The van der Waals surface area contributed by atoms with E-state index in [-0.39, 0.29) is 10.5 Å². The molecule has 7 nitrogen and oxygen atoms in total. The summed E-state index contributed by atoms with van der Waals surface area (Å²) in [6, 6.07) is 13.9. The third-order valence-electron chi connectivity index (χ3n) is 6.02. The van der Waals surface area contributed by atoms with Gasteiger partial charge in [-0.3, -0.25) is 0 Å². The molecular weight excluding hydrogens is 462 g/mol. The van der Waals surface area contributed by atoms with Gasteiger partial charge in [-0.2, -0.15) is 5.26 Å². The molecule has 1 N–H and O–H groups in total. The fourth-order valence-electron chi connectivity index (χ4n) is 4.04. The van der Waals surface area contributed by atoms with Crippen molar-refractivity contribution in [2.75, 3.05) is 37.8 Å². The van der Waals surface area contributed by atoms with Gasteiger partial charge >= 0.3 is 0 Å². The minimum Gasteiger partial charge on any atom is -0.378 e. The molecule has 3 rings (SSSR count). The lowest BCUT2D eigenvalue weighted by Gasteiger charge is -2.29. The predicted molar refractivity (Wildman–Crippen MR) is 142 cm³/mol. The van der Waals surface area contributed by atoms with E-state index in [0.29, 0.717) is 24.2 Å². The topological polar surface area (TPSA) is 91.7 Å². The van der Waals surface area contributed by atoms with Crippen LogP contribution in [0.25, 0.3) is 16.3 Å². The van der Waals surface area contributed by atoms with E-state index in [0.717, 1.165) is 42.8 Å². The van der Waals surface area contributed by atoms with Crippen LogP contribution in [0.4, 0.5) is 5.69 Å². The van der Waals surface area contributed by atoms with E-state index in [9.17, 15) is 13.7 Å². The SMILES string of the molecule is CC(=C(C#N)S(=O)(=O)NC(C)(C)CCOC(C)(C)C)c1ccc2cc(N3CCOCC3)ccc2c1. The highest BCUT2D eigenvalue weighted by Gasteiger charge is 2.30. The van der Waals surface area contributed by atoms with E-state index in [1.165, 1.54) is 0 Å². The van der Waals surface area contributed by atoms with E-state index in [1.54, 1.807) is 20.8 Å². The summed E-state index contributed by atoms with van der Waals surface area (Å²) in [7, 11) is -4.02. The first-order valence-electron chi connectivity index (χ1n) is 12.0. The molecule has 0 unspecified atom stereocenters. The predicted octanol–water partition coefficient (Wildman–Crippen LogP) is 4.83. The van der Waals surface area contributed by atoms with Crippen LogP contribution >= 0.6 is 0 Å². The molecule has 35 heavy (non-hydrogen) atoms. The van der Waals surface area contributed by atoms with Gasteiger partial charge in [-0.05, 0) is 88.1 Å². The maximum absolute atomic E-state index is 13.2. The van der Waals surface area contributed by atoms with E-state index in [4.69, 9.17) is 9.47 Å². The van der Waals surface area contributed by atoms with Gasteiger partial charge in [-0.1, -0.05) is 18.2 Å². The molecule has 0 amide bonds. The maximum atomic E-state index is 13.2. The van der Waals surface area contributed by atoms with Crippen LogP contribution in [0.2, 0.25) is 0 Å². The number of morpholine rings is 1. The number of fused-ring (bicyclic) bond motifs is 1. The largest absolute Gasteiger partial charge is 0.378 e. The molecule has 1 fully saturated rings. The lowest BCUT2D eigenvalue weighted by atomic mass is 10.0. The van der Waals surface area contributed by atoms with Gasteiger partial charge in [-0.15, -0.1) is 0 Å². The van der Waals surface area contributed by atoms with Crippen molar-refractivity contribution >= 4 is 32.1 Å². The third kappa shape index (κ3) is 7.28. The molecule has 8 heteroatoms. The first-order valence-corrected chi connectivity index (χ1v) is 13.5. The average Bonchev–Trinajstić information content (AvgIpc) is 2.77. The van der Waals surface area contributed by atoms with Crippen LogP contribution < -0.4 is 9.62 Å². The fraction of sp³-hybridized carbons (Fsp3) is 0.519. The van der Waals surface area contributed by atoms with Gasteiger partial charge in [0.15, 0.2) is 4.91 Å².